The van der Waals surface area contributed by atoms with Crippen molar-refractivity contribution in [3.05, 3.63) is 48.0 Å². The molecular weight excluding hydrogens is 1060 g/mol. The molecule has 4 aromatic heterocycles. The SMILES string of the molecule is COc1cc(CNc2nc(NC3CCC(N)CC3)nc3c2ncn3C2CCCC2)cc(OC)c1OC.COc1cc(CNc2nc(NC3CCC(N)CC3)nc3c2ncn3C2CCCC2)cc(OC)c1OC.Cl.Cl.Cl.Cl. The summed E-state index contributed by atoms with van der Waals surface area (Å²) >= 11 is 0. The number of halogens is 4. The maximum atomic E-state index is 6.11. The number of rotatable bonds is 18. The first-order valence-corrected chi connectivity index (χ1v) is 25.8. The third-order valence-electron chi connectivity index (χ3n) is 14.9. The molecule has 6 aromatic rings. The summed E-state index contributed by atoms with van der Waals surface area (Å²) in [5, 5.41) is 14.1. The lowest BCUT2D eigenvalue weighted by Crippen LogP contribution is -2.33. The number of hydrogen-bond acceptors (Lipinski definition) is 18. The highest BCUT2D eigenvalue weighted by atomic mass is 35.5. The highest BCUT2D eigenvalue weighted by Crippen LogP contribution is 2.41. The number of hydrogen-bond donors (Lipinski definition) is 6. The van der Waals surface area contributed by atoms with E-state index in [1.165, 1.54) is 25.7 Å². The van der Waals surface area contributed by atoms with Gasteiger partial charge in [0.25, 0.3) is 0 Å². The van der Waals surface area contributed by atoms with Crippen LogP contribution in [0.15, 0.2) is 36.9 Å². The summed E-state index contributed by atoms with van der Waals surface area (Å²) in [5.41, 5.74) is 17.5. The second-order valence-electron chi connectivity index (χ2n) is 19.6. The Morgan fingerprint density at radius 3 is 1.09 bits per heavy atom. The summed E-state index contributed by atoms with van der Waals surface area (Å²) < 4.78 is 37.5. The lowest BCUT2D eigenvalue weighted by atomic mass is 9.92. The molecule has 0 amide bonds. The van der Waals surface area contributed by atoms with Crippen LogP contribution in [0, 0.1) is 0 Å². The normalized spacial score (nSPS) is 19.4. The quantitative estimate of drug-likeness (QED) is 0.0469. The highest BCUT2D eigenvalue weighted by Gasteiger charge is 2.27. The van der Waals surface area contributed by atoms with Crippen LogP contribution in [0.2, 0.25) is 0 Å². The van der Waals surface area contributed by atoms with Crippen molar-refractivity contribution in [2.75, 3.05) is 63.9 Å². The molecule has 0 atom stereocenters. The third-order valence-corrected chi connectivity index (χ3v) is 14.9. The molecule has 10 rings (SSSR count). The Morgan fingerprint density at radius 1 is 0.461 bits per heavy atom. The van der Waals surface area contributed by atoms with Crippen LogP contribution in [0.25, 0.3) is 22.3 Å². The van der Waals surface area contributed by atoms with Crippen LogP contribution < -0.4 is 61.2 Å². The van der Waals surface area contributed by atoms with Crippen LogP contribution in [-0.4, -0.2) is 106 Å². The number of imidazole rings is 2. The molecule has 0 spiro atoms. The molecule has 4 heterocycles. The van der Waals surface area contributed by atoms with Crippen molar-refractivity contribution in [3.63, 3.8) is 0 Å². The number of aromatic nitrogens is 8. The number of nitrogens with zero attached hydrogens (tertiary/aromatic N) is 8. The van der Waals surface area contributed by atoms with Crippen LogP contribution in [0.5, 0.6) is 34.5 Å². The predicted octanol–water partition coefficient (Wildman–Crippen LogP) is 10.2. The van der Waals surface area contributed by atoms with E-state index < -0.39 is 0 Å². The summed E-state index contributed by atoms with van der Waals surface area (Å²) in [4.78, 5) is 29.1. The molecule has 24 heteroatoms. The van der Waals surface area contributed by atoms with E-state index in [2.05, 4.69) is 30.4 Å². The van der Waals surface area contributed by atoms with E-state index in [4.69, 9.17) is 69.8 Å². The molecule has 0 aliphatic heterocycles. The first-order valence-electron chi connectivity index (χ1n) is 25.8. The Morgan fingerprint density at radius 2 is 0.789 bits per heavy atom. The summed E-state index contributed by atoms with van der Waals surface area (Å²) in [5.74, 6) is 6.29. The second-order valence-corrected chi connectivity index (χ2v) is 19.6. The molecule has 0 unspecified atom stereocenters. The number of nitrogens with two attached hydrogens (primary N) is 2. The van der Waals surface area contributed by atoms with Crippen molar-refractivity contribution < 1.29 is 28.4 Å². The smallest absolute Gasteiger partial charge is 0.227 e. The van der Waals surface area contributed by atoms with E-state index in [1.54, 1.807) is 42.7 Å². The maximum absolute atomic E-state index is 6.11. The van der Waals surface area contributed by atoms with Crippen molar-refractivity contribution in [1.82, 2.24) is 39.0 Å². The molecule has 8 N–H and O–H groups in total. The zero-order chi connectivity index (χ0) is 50.1. The lowest BCUT2D eigenvalue weighted by Gasteiger charge is -2.27. The van der Waals surface area contributed by atoms with Gasteiger partial charge < -0.3 is 70.3 Å². The zero-order valence-electron chi connectivity index (χ0n) is 44.5. The van der Waals surface area contributed by atoms with Crippen LogP contribution in [0.4, 0.5) is 23.5 Å². The third kappa shape index (κ3) is 14.2. The van der Waals surface area contributed by atoms with E-state index in [0.29, 0.717) is 107 Å². The lowest BCUT2D eigenvalue weighted by molar-refractivity contribution is 0.324. The second kappa shape index (κ2) is 28.8. The largest absolute Gasteiger partial charge is 0.493 e. The van der Waals surface area contributed by atoms with Crippen LogP contribution in [-0.2, 0) is 13.1 Å². The first-order chi connectivity index (χ1) is 35.2. The molecule has 4 aliphatic rings. The highest BCUT2D eigenvalue weighted by molar-refractivity contribution is 5.86. The van der Waals surface area contributed by atoms with E-state index >= 15 is 0 Å². The Balaban J connectivity index is 0.000000267. The Kier molecular flexibility index (Phi) is 23.3. The fourth-order valence-corrected chi connectivity index (χ4v) is 10.8. The minimum absolute atomic E-state index is 0. The molecule has 4 fully saturated rings. The maximum Gasteiger partial charge on any atom is 0.227 e. The summed E-state index contributed by atoms with van der Waals surface area (Å²) in [7, 11) is 9.68. The van der Waals surface area contributed by atoms with Gasteiger partial charge in [-0.15, -0.1) is 49.6 Å². The van der Waals surface area contributed by atoms with Gasteiger partial charge in [0.2, 0.25) is 23.4 Å². The minimum atomic E-state index is 0. The number of methoxy groups -OCH3 is 6. The first kappa shape index (κ1) is 61.5. The Bertz CT molecular complexity index is 2530. The standard InChI is InChI=1S/2C26H37N7O3.4ClH/c2*1-34-20-12-16(13-21(35-2)23(20)36-3)14-28-24-22-25(33(15-29-22)19-6-4-5-7-19)32-26(31-24)30-18-10-8-17(27)9-11-18;;;;/h2*12-13,15,17-19H,4-11,14,27H2,1-3H3,(H2,28,30,31,32);4*1H. The van der Waals surface area contributed by atoms with Crippen molar-refractivity contribution in [3.8, 4) is 34.5 Å². The minimum Gasteiger partial charge on any atom is -0.493 e. The van der Waals surface area contributed by atoms with Crippen LogP contribution in [0.1, 0.15) is 126 Å². The molecule has 0 radical (unpaired) electrons. The molecule has 76 heavy (non-hydrogen) atoms. The molecule has 20 nitrogen and oxygen atoms in total. The summed E-state index contributed by atoms with van der Waals surface area (Å²) in [6.45, 7) is 1.02. The monoisotopic (exact) mass is 1130 g/mol. The fraction of sp³-hybridized carbons (Fsp3) is 0.577. The molecule has 420 valence electrons. The Labute approximate surface area is 470 Å². The molecule has 0 saturated heterocycles. The molecule has 2 aromatic carbocycles. The van der Waals surface area contributed by atoms with E-state index in [-0.39, 0.29) is 49.6 Å². The predicted molar refractivity (Wildman–Crippen MR) is 309 cm³/mol. The molecule has 4 aliphatic carbocycles. The van der Waals surface area contributed by atoms with Crippen molar-refractivity contribution in [2.45, 2.75) is 152 Å². The van der Waals surface area contributed by atoms with E-state index in [0.717, 1.165) is 111 Å². The van der Waals surface area contributed by atoms with Gasteiger partial charge in [-0.25, -0.2) is 9.97 Å². The van der Waals surface area contributed by atoms with Crippen LogP contribution in [0.3, 0.4) is 0 Å². The van der Waals surface area contributed by atoms with Gasteiger partial charge in [0.15, 0.2) is 57.0 Å². The number of nitrogens with one attached hydrogen (secondary N) is 4. The van der Waals surface area contributed by atoms with Gasteiger partial charge >= 0.3 is 0 Å². The number of ether oxygens (including phenoxy) is 6. The zero-order valence-corrected chi connectivity index (χ0v) is 47.7. The van der Waals surface area contributed by atoms with E-state index in [9.17, 15) is 0 Å². The van der Waals surface area contributed by atoms with Gasteiger partial charge in [-0.05, 0) is 112 Å². The number of fused-ring (bicyclic) bond motifs is 2. The topological polar surface area (TPSA) is 243 Å². The molecular formula is C52H78Cl4N14O6. The van der Waals surface area contributed by atoms with Crippen LogP contribution >= 0.6 is 49.6 Å². The van der Waals surface area contributed by atoms with Gasteiger partial charge in [0.1, 0.15) is 0 Å². The fourth-order valence-electron chi connectivity index (χ4n) is 10.8. The number of anilines is 4. The summed E-state index contributed by atoms with van der Waals surface area (Å²) in [6.07, 6.45) is 21.6. The van der Waals surface area contributed by atoms with Crippen molar-refractivity contribution in [2.24, 2.45) is 11.5 Å². The number of benzene rings is 2. The van der Waals surface area contributed by atoms with Gasteiger partial charge in [0.05, 0.1) is 55.3 Å². The van der Waals surface area contributed by atoms with Gasteiger partial charge in [0, 0.05) is 49.3 Å². The Hall–Kier alpha value is -5.38. The van der Waals surface area contributed by atoms with Gasteiger partial charge in [-0.2, -0.15) is 19.9 Å². The summed E-state index contributed by atoms with van der Waals surface area (Å²) in [6, 6.07) is 9.88. The molecule has 4 saturated carbocycles. The van der Waals surface area contributed by atoms with Crippen molar-refractivity contribution >= 4 is 95.5 Å². The van der Waals surface area contributed by atoms with Gasteiger partial charge in [-0.1, -0.05) is 25.7 Å². The molecule has 0 bridgehead atoms. The van der Waals surface area contributed by atoms with Crippen molar-refractivity contribution in [1.29, 1.82) is 0 Å². The average molecular weight is 1140 g/mol. The average Bonchev–Trinajstić information content (AvgIpc) is 4.27. The van der Waals surface area contributed by atoms with E-state index in [1.807, 2.05) is 36.9 Å². The van der Waals surface area contributed by atoms with Gasteiger partial charge in [-0.3, -0.25) is 0 Å².